The molecule has 1 aromatic carbocycles. The predicted octanol–water partition coefficient (Wildman–Crippen LogP) is 2.35. The lowest BCUT2D eigenvalue weighted by Crippen LogP contribution is -2.35. The van der Waals surface area contributed by atoms with Gasteiger partial charge >= 0.3 is 0 Å². The number of benzene rings is 1. The van der Waals surface area contributed by atoms with Gasteiger partial charge in [0, 0.05) is 17.1 Å². The van der Waals surface area contributed by atoms with Crippen LogP contribution in [-0.4, -0.2) is 30.8 Å². The second kappa shape index (κ2) is 7.38. The van der Waals surface area contributed by atoms with E-state index >= 15 is 0 Å². The van der Waals surface area contributed by atoms with Gasteiger partial charge in [0.05, 0.1) is 12.7 Å². The molecule has 0 spiro atoms. The van der Waals surface area contributed by atoms with Gasteiger partial charge in [0.1, 0.15) is 5.75 Å². The first-order valence-corrected chi connectivity index (χ1v) is 6.67. The standard InChI is InChI=1S/C13H18BrNO3/c1-3-10(6-7-16)15-13(17)11-5-4-9(14)8-12(11)18-2/h4-5,8,10,16H,3,6-7H2,1-2H3,(H,15,17). The molecule has 0 aliphatic heterocycles. The van der Waals surface area contributed by atoms with Crippen molar-refractivity contribution < 1.29 is 14.6 Å². The Balaban J connectivity index is 2.83. The Labute approximate surface area is 115 Å². The Morgan fingerprint density at radius 3 is 2.83 bits per heavy atom. The summed E-state index contributed by atoms with van der Waals surface area (Å²) in [6.07, 6.45) is 1.34. The number of hydrogen-bond acceptors (Lipinski definition) is 3. The zero-order valence-corrected chi connectivity index (χ0v) is 12.2. The molecule has 0 aromatic heterocycles. The molecule has 0 heterocycles. The molecule has 1 unspecified atom stereocenters. The quantitative estimate of drug-likeness (QED) is 0.847. The maximum atomic E-state index is 12.1. The highest BCUT2D eigenvalue weighted by atomic mass is 79.9. The molecule has 0 aliphatic rings. The Bertz CT molecular complexity index is 409. The third kappa shape index (κ3) is 3.99. The molecule has 100 valence electrons. The molecule has 18 heavy (non-hydrogen) atoms. The van der Waals surface area contributed by atoms with Gasteiger partial charge in [0.2, 0.25) is 0 Å². The molecule has 1 rings (SSSR count). The fraction of sp³-hybridized carbons (Fsp3) is 0.462. The van der Waals surface area contributed by atoms with Crippen LogP contribution in [0.15, 0.2) is 22.7 Å². The number of nitrogens with one attached hydrogen (secondary N) is 1. The van der Waals surface area contributed by atoms with Crippen molar-refractivity contribution in [2.45, 2.75) is 25.8 Å². The summed E-state index contributed by atoms with van der Waals surface area (Å²) in [4.78, 5) is 12.1. The maximum Gasteiger partial charge on any atom is 0.255 e. The highest BCUT2D eigenvalue weighted by molar-refractivity contribution is 9.10. The number of aliphatic hydroxyl groups excluding tert-OH is 1. The number of rotatable bonds is 6. The van der Waals surface area contributed by atoms with Gasteiger partial charge in [0.25, 0.3) is 5.91 Å². The van der Waals surface area contributed by atoms with Crippen LogP contribution in [-0.2, 0) is 0 Å². The zero-order valence-electron chi connectivity index (χ0n) is 10.6. The lowest BCUT2D eigenvalue weighted by atomic mass is 10.1. The van der Waals surface area contributed by atoms with Crippen molar-refractivity contribution in [2.75, 3.05) is 13.7 Å². The van der Waals surface area contributed by atoms with E-state index in [4.69, 9.17) is 9.84 Å². The van der Waals surface area contributed by atoms with Crippen molar-refractivity contribution in [3.8, 4) is 5.75 Å². The predicted molar refractivity (Wildman–Crippen MR) is 73.9 cm³/mol. The van der Waals surface area contributed by atoms with Gasteiger partial charge in [-0.3, -0.25) is 4.79 Å². The first kappa shape index (κ1) is 15.0. The van der Waals surface area contributed by atoms with Crippen molar-refractivity contribution in [3.05, 3.63) is 28.2 Å². The molecule has 1 aromatic rings. The maximum absolute atomic E-state index is 12.1. The second-order valence-electron chi connectivity index (χ2n) is 3.94. The molecule has 1 atom stereocenters. The number of amides is 1. The zero-order chi connectivity index (χ0) is 13.5. The fourth-order valence-electron chi connectivity index (χ4n) is 1.65. The number of carbonyl (C=O) groups is 1. The molecule has 2 N–H and O–H groups in total. The monoisotopic (exact) mass is 315 g/mol. The number of methoxy groups -OCH3 is 1. The number of halogens is 1. The molecule has 5 heteroatoms. The number of hydrogen-bond donors (Lipinski definition) is 2. The van der Waals surface area contributed by atoms with Crippen LogP contribution in [0.5, 0.6) is 5.75 Å². The molecule has 0 fully saturated rings. The van der Waals surface area contributed by atoms with Crippen molar-refractivity contribution >= 4 is 21.8 Å². The minimum absolute atomic E-state index is 0.0177. The third-order valence-corrected chi connectivity index (χ3v) is 3.21. The Morgan fingerprint density at radius 1 is 1.56 bits per heavy atom. The van der Waals surface area contributed by atoms with Gasteiger partial charge in [-0.15, -0.1) is 0 Å². The van der Waals surface area contributed by atoms with Crippen molar-refractivity contribution in [2.24, 2.45) is 0 Å². The molecular formula is C13H18BrNO3. The van der Waals surface area contributed by atoms with Gasteiger partial charge in [-0.05, 0) is 31.0 Å². The van der Waals surface area contributed by atoms with Crippen molar-refractivity contribution in [1.82, 2.24) is 5.32 Å². The Hall–Kier alpha value is -1.07. The molecule has 4 nitrogen and oxygen atoms in total. The lowest BCUT2D eigenvalue weighted by Gasteiger charge is -2.17. The van der Waals surface area contributed by atoms with Gasteiger partial charge in [0.15, 0.2) is 0 Å². The van der Waals surface area contributed by atoms with E-state index in [9.17, 15) is 4.79 Å². The summed E-state index contributed by atoms with van der Waals surface area (Å²) in [5.41, 5.74) is 0.497. The van der Waals surface area contributed by atoms with E-state index in [2.05, 4.69) is 21.2 Å². The van der Waals surface area contributed by atoms with Crippen molar-refractivity contribution in [3.63, 3.8) is 0 Å². The van der Waals surface area contributed by atoms with Crippen LogP contribution in [0.4, 0.5) is 0 Å². The Kier molecular flexibility index (Phi) is 6.15. The van der Waals surface area contributed by atoms with Crippen molar-refractivity contribution in [1.29, 1.82) is 0 Å². The summed E-state index contributed by atoms with van der Waals surface area (Å²) in [6.45, 7) is 2.04. The summed E-state index contributed by atoms with van der Waals surface area (Å²) < 4.78 is 6.04. The summed E-state index contributed by atoms with van der Waals surface area (Å²) in [6, 6.07) is 5.24. The largest absolute Gasteiger partial charge is 0.496 e. The van der Waals surface area contributed by atoms with Crippen LogP contribution in [0.3, 0.4) is 0 Å². The highest BCUT2D eigenvalue weighted by Gasteiger charge is 2.15. The topological polar surface area (TPSA) is 58.6 Å². The lowest BCUT2D eigenvalue weighted by molar-refractivity contribution is 0.0926. The average Bonchev–Trinajstić information content (AvgIpc) is 2.37. The van der Waals surface area contributed by atoms with E-state index in [0.29, 0.717) is 17.7 Å². The minimum Gasteiger partial charge on any atom is -0.496 e. The SMILES string of the molecule is CCC(CCO)NC(=O)c1ccc(Br)cc1OC. The molecular weight excluding hydrogens is 298 g/mol. The van der Waals surface area contributed by atoms with E-state index in [1.54, 1.807) is 18.2 Å². The van der Waals surface area contributed by atoms with E-state index in [1.165, 1.54) is 7.11 Å². The first-order valence-electron chi connectivity index (χ1n) is 5.87. The van der Waals surface area contributed by atoms with Crippen LogP contribution < -0.4 is 10.1 Å². The van der Waals surface area contributed by atoms with Gasteiger partial charge < -0.3 is 15.2 Å². The van der Waals surface area contributed by atoms with Crippen LogP contribution >= 0.6 is 15.9 Å². The summed E-state index contributed by atoms with van der Waals surface area (Å²) >= 11 is 3.33. The van der Waals surface area contributed by atoms with Crippen LogP contribution in [0.1, 0.15) is 30.1 Å². The normalized spacial score (nSPS) is 12.0. The summed E-state index contributed by atoms with van der Waals surface area (Å²) in [5.74, 6) is 0.348. The van der Waals surface area contributed by atoms with Gasteiger partial charge in [-0.2, -0.15) is 0 Å². The summed E-state index contributed by atoms with van der Waals surface area (Å²) in [5, 5.41) is 11.8. The molecule has 1 amide bonds. The smallest absolute Gasteiger partial charge is 0.255 e. The molecule has 0 aliphatic carbocycles. The van der Waals surface area contributed by atoms with E-state index in [-0.39, 0.29) is 18.6 Å². The second-order valence-corrected chi connectivity index (χ2v) is 4.85. The number of aliphatic hydroxyl groups is 1. The van der Waals surface area contributed by atoms with E-state index in [0.717, 1.165) is 10.9 Å². The molecule has 0 bridgehead atoms. The molecule has 0 saturated carbocycles. The molecule has 0 saturated heterocycles. The number of ether oxygens (including phenoxy) is 1. The number of carbonyl (C=O) groups excluding carboxylic acids is 1. The third-order valence-electron chi connectivity index (χ3n) is 2.71. The summed E-state index contributed by atoms with van der Waals surface area (Å²) in [7, 11) is 1.53. The van der Waals surface area contributed by atoms with Gasteiger partial charge in [-0.25, -0.2) is 0 Å². The Morgan fingerprint density at radius 2 is 2.28 bits per heavy atom. The minimum atomic E-state index is -0.181. The molecule has 0 radical (unpaired) electrons. The highest BCUT2D eigenvalue weighted by Crippen LogP contribution is 2.23. The van der Waals surface area contributed by atoms with E-state index < -0.39 is 0 Å². The van der Waals surface area contributed by atoms with Crippen LogP contribution in [0.25, 0.3) is 0 Å². The average molecular weight is 316 g/mol. The first-order chi connectivity index (χ1) is 8.62. The van der Waals surface area contributed by atoms with Crippen LogP contribution in [0, 0.1) is 0 Å². The fourth-order valence-corrected chi connectivity index (χ4v) is 1.99. The van der Waals surface area contributed by atoms with Gasteiger partial charge in [-0.1, -0.05) is 22.9 Å². The van der Waals surface area contributed by atoms with Crippen LogP contribution in [0.2, 0.25) is 0 Å². The van der Waals surface area contributed by atoms with E-state index in [1.807, 2.05) is 6.92 Å².